The molecule has 1 fully saturated rings. The van der Waals surface area contributed by atoms with E-state index in [1.165, 1.54) is 35.5 Å². The molecule has 0 unspecified atom stereocenters. The molecule has 0 N–H and O–H groups in total. The standard InChI is InChI=1S/C21H23FN2O2/c1-16-4-2-3-5-19(16)23-12-14-24(15-13-23)21(26)11-10-20(25)17-6-8-18(22)9-7-17/h2-9H,10-15H2,1H3. The zero-order valence-electron chi connectivity index (χ0n) is 15.0. The van der Waals surface area contributed by atoms with Crippen LogP contribution in [0.1, 0.15) is 28.8 Å². The number of halogens is 1. The quantitative estimate of drug-likeness (QED) is 0.772. The third kappa shape index (κ3) is 4.28. The Morgan fingerprint density at radius 3 is 2.23 bits per heavy atom. The smallest absolute Gasteiger partial charge is 0.223 e. The first-order chi connectivity index (χ1) is 12.5. The van der Waals surface area contributed by atoms with Crippen molar-refractivity contribution in [2.45, 2.75) is 19.8 Å². The number of rotatable bonds is 5. The topological polar surface area (TPSA) is 40.6 Å². The summed E-state index contributed by atoms with van der Waals surface area (Å²) < 4.78 is 12.9. The Balaban J connectivity index is 1.48. The summed E-state index contributed by atoms with van der Waals surface area (Å²) in [6, 6.07) is 13.7. The fraction of sp³-hybridized carbons (Fsp3) is 0.333. The van der Waals surface area contributed by atoms with Crippen molar-refractivity contribution in [2.24, 2.45) is 0 Å². The number of amides is 1. The van der Waals surface area contributed by atoms with Crippen LogP contribution in [0.4, 0.5) is 10.1 Å². The molecule has 1 amide bonds. The first-order valence-electron chi connectivity index (χ1n) is 8.92. The van der Waals surface area contributed by atoms with Crippen LogP contribution in [0.15, 0.2) is 48.5 Å². The van der Waals surface area contributed by atoms with Crippen LogP contribution in [0.2, 0.25) is 0 Å². The van der Waals surface area contributed by atoms with E-state index < -0.39 is 0 Å². The first kappa shape index (κ1) is 18.1. The third-order valence-electron chi connectivity index (χ3n) is 4.82. The number of carbonyl (C=O) groups excluding carboxylic acids is 2. The molecule has 0 saturated carbocycles. The maximum Gasteiger partial charge on any atom is 0.223 e. The number of benzene rings is 2. The van der Waals surface area contributed by atoms with Gasteiger partial charge in [-0.15, -0.1) is 0 Å². The second-order valence-corrected chi connectivity index (χ2v) is 6.58. The van der Waals surface area contributed by atoms with E-state index in [0.717, 1.165) is 13.1 Å². The fourth-order valence-corrected chi connectivity index (χ4v) is 3.27. The molecule has 0 spiro atoms. The lowest BCUT2D eigenvalue weighted by molar-refractivity contribution is -0.131. The highest BCUT2D eigenvalue weighted by atomic mass is 19.1. The van der Waals surface area contributed by atoms with Gasteiger partial charge in [-0.2, -0.15) is 0 Å². The van der Waals surface area contributed by atoms with Gasteiger partial charge in [0.05, 0.1) is 0 Å². The minimum atomic E-state index is -0.371. The number of piperazine rings is 1. The zero-order chi connectivity index (χ0) is 18.5. The van der Waals surface area contributed by atoms with Crippen LogP contribution in [-0.4, -0.2) is 42.8 Å². The molecule has 1 saturated heterocycles. The van der Waals surface area contributed by atoms with E-state index in [1.807, 2.05) is 17.0 Å². The van der Waals surface area contributed by atoms with Crippen LogP contribution in [0, 0.1) is 12.7 Å². The predicted molar refractivity (Wildman–Crippen MR) is 99.9 cm³/mol. The van der Waals surface area contributed by atoms with Gasteiger partial charge in [0, 0.05) is 50.3 Å². The molecule has 5 heteroatoms. The molecular formula is C21H23FN2O2. The van der Waals surface area contributed by atoms with E-state index >= 15 is 0 Å². The number of anilines is 1. The molecule has 0 atom stereocenters. The van der Waals surface area contributed by atoms with Gasteiger partial charge in [-0.1, -0.05) is 18.2 Å². The zero-order valence-corrected chi connectivity index (χ0v) is 15.0. The molecule has 0 aliphatic carbocycles. The summed E-state index contributed by atoms with van der Waals surface area (Å²) in [6.07, 6.45) is 0.350. The van der Waals surface area contributed by atoms with Crippen LogP contribution < -0.4 is 4.90 Å². The van der Waals surface area contributed by atoms with E-state index in [0.29, 0.717) is 18.7 Å². The highest BCUT2D eigenvalue weighted by molar-refractivity contribution is 5.97. The lowest BCUT2D eigenvalue weighted by Crippen LogP contribution is -2.49. The summed E-state index contributed by atoms with van der Waals surface area (Å²) in [4.78, 5) is 28.6. The Labute approximate surface area is 153 Å². The predicted octanol–water partition coefficient (Wildman–Crippen LogP) is 3.45. The second kappa shape index (κ2) is 8.13. The number of aryl methyl sites for hydroxylation is 1. The molecule has 0 aromatic heterocycles. The summed E-state index contributed by atoms with van der Waals surface area (Å²) in [5.41, 5.74) is 2.90. The summed E-state index contributed by atoms with van der Waals surface area (Å²) in [7, 11) is 0. The van der Waals surface area contributed by atoms with Gasteiger partial charge in [0.25, 0.3) is 0 Å². The molecule has 4 nitrogen and oxygen atoms in total. The molecule has 136 valence electrons. The molecule has 2 aromatic rings. The van der Waals surface area contributed by atoms with Gasteiger partial charge in [0.15, 0.2) is 5.78 Å². The summed E-state index contributed by atoms with van der Waals surface area (Å²) in [5.74, 6) is -0.494. The molecular weight excluding hydrogens is 331 g/mol. The molecule has 1 heterocycles. The summed E-state index contributed by atoms with van der Waals surface area (Å²) in [5, 5.41) is 0. The maximum absolute atomic E-state index is 12.9. The van der Waals surface area contributed by atoms with E-state index in [1.54, 1.807) is 0 Å². The second-order valence-electron chi connectivity index (χ2n) is 6.58. The van der Waals surface area contributed by atoms with Gasteiger partial charge in [-0.05, 0) is 42.8 Å². The average molecular weight is 354 g/mol. The molecule has 0 radical (unpaired) electrons. The molecule has 0 bridgehead atoms. The Morgan fingerprint density at radius 2 is 1.58 bits per heavy atom. The summed E-state index contributed by atoms with van der Waals surface area (Å²) >= 11 is 0. The van der Waals surface area contributed by atoms with Crippen molar-refractivity contribution >= 4 is 17.4 Å². The van der Waals surface area contributed by atoms with Gasteiger partial charge in [0.2, 0.25) is 5.91 Å². The Morgan fingerprint density at radius 1 is 0.923 bits per heavy atom. The van der Waals surface area contributed by atoms with Crippen molar-refractivity contribution in [3.8, 4) is 0 Å². The number of ketones is 1. The largest absolute Gasteiger partial charge is 0.368 e. The molecule has 1 aliphatic heterocycles. The van der Waals surface area contributed by atoms with Crippen LogP contribution >= 0.6 is 0 Å². The number of hydrogen-bond acceptors (Lipinski definition) is 3. The van der Waals surface area contributed by atoms with E-state index in [4.69, 9.17) is 0 Å². The van der Waals surface area contributed by atoms with Crippen molar-refractivity contribution < 1.29 is 14.0 Å². The Bertz CT molecular complexity index is 781. The van der Waals surface area contributed by atoms with Crippen LogP contribution in [0.3, 0.4) is 0 Å². The lowest BCUT2D eigenvalue weighted by Gasteiger charge is -2.36. The highest BCUT2D eigenvalue weighted by Crippen LogP contribution is 2.21. The number of hydrogen-bond donors (Lipinski definition) is 0. The van der Waals surface area contributed by atoms with Crippen LogP contribution in [0.5, 0.6) is 0 Å². The summed E-state index contributed by atoms with van der Waals surface area (Å²) in [6.45, 7) is 5.01. The van der Waals surface area contributed by atoms with Gasteiger partial charge < -0.3 is 9.80 Å². The lowest BCUT2D eigenvalue weighted by atomic mass is 10.1. The van der Waals surface area contributed by atoms with Gasteiger partial charge >= 0.3 is 0 Å². The minimum absolute atomic E-state index is 0.00453. The van der Waals surface area contributed by atoms with Crippen molar-refractivity contribution in [1.29, 1.82) is 0 Å². The maximum atomic E-state index is 12.9. The average Bonchev–Trinajstić information content (AvgIpc) is 2.67. The van der Waals surface area contributed by atoms with E-state index in [9.17, 15) is 14.0 Å². The van der Waals surface area contributed by atoms with Crippen LogP contribution in [-0.2, 0) is 4.79 Å². The van der Waals surface area contributed by atoms with Crippen molar-refractivity contribution in [3.63, 3.8) is 0 Å². The van der Waals surface area contributed by atoms with Crippen molar-refractivity contribution in [3.05, 3.63) is 65.5 Å². The Hall–Kier alpha value is -2.69. The van der Waals surface area contributed by atoms with Crippen LogP contribution in [0.25, 0.3) is 0 Å². The first-order valence-corrected chi connectivity index (χ1v) is 8.92. The fourth-order valence-electron chi connectivity index (χ4n) is 3.27. The van der Waals surface area contributed by atoms with E-state index in [2.05, 4.69) is 24.0 Å². The Kier molecular flexibility index (Phi) is 5.66. The highest BCUT2D eigenvalue weighted by Gasteiger charge is 2.22. The van der Waals surface area contributed by atoms with Gasteiger partial charge in [-0.25, -0.2) is 4.39 Å². The molecule has 3 rings (SSSR count). The monoisotopic (exact) mass is 354 g/mol. The normalized spacial score (nSPS) is 14.4. The van der Waals surface area contributed by atoms with Gasteiger partial charge in [0.1, 0.15) is 5.82 Å². The van der Waals surface area contributed by atoms with Crippen molar-refractivity contribution in [1.82, 2.24) is 4.90 Å². The van der Waals surface area contributed by atoms with E-state index in [-0.39, 0.29) is 30.3 Å². The molecule has 2 aromatic carbocycles. The van der Waals surface area contributed by atoms with Gasteiger partial charge in [-0.3, -0.25) is 9.59 Å². The molecule has 26 heavy (non-hydrogen) atoms. The molecule has 1 aliphatic rings. The number of nitrogens with zero attached hydrogens (tertiary/aromatic N) is 2. The number of carbonyl (C=O) groups is 2. The third-order valence-corrected chi connectivity index (χ3v) is 4.82. The van der Waals surface area contributed by atoms with Crippen molar-refractivity contribution in [2.75, 3.05) is 31.1 Å². The number of para-hydroxylation sites is 1. The SMILES string of the molecule is Cc1ccccc1N1CCN(C(=O)CCC(=O)c2ccc(F)cc2)CC1. The number of Topliss-reactive ketones (excluding diaryl/α,β-unsaturated/α-hetero) is 1. The minimum Gasteiger partial charge on any atom is -0.368 e.